The second kappa shape index (κ2) is 3.22. The van der Waals surface area contributed by atoms with Gasteiger partial charge in [-0.25, -0.2) is 0 Å². The molecule has 0 atom stereocenters. The summed E-state index contributed by atoms with van der Waals surface area (Å²) in [4.78, 5) is 3.87. The molecule has 1 fully saturated rings. The van der Waals surface area contributed by atoms with Gasteiger partial charge in [-0.15, -0.1) is 0 Å². The van der Waals surface area contributed by atoms with E-state index in [-0.39, 0.29) is 18.5 Å². The van der Waals surface area contributed by atoms with Crippen molar-refractivity contribution in [3.63, 3.8) is 0 Å². The third-order valence-corrected chi connectivity index (χ3v) is 3.02. The molecule has 0 amide bonds. The standard InChI is InChI=1S/C11H12F3N/c1-2-8-3-6-15-9(7-8)10(4-5-10)11(12,13)14/h3,6-7H,2,4-5H2,1H3. The van der Waals surface area contributed by atoms with Crippen LogP contribution in [-0.4, -0.2) is 11.2 Å². The lowest BCUT2D eigenvalue weighted by atomic mass is 9.99. The predicted molar refractivity (Wildman–Crippen MR) is 50.6 cm³/mol. The maximum atomic E-state index is 12.8. The SMILES string of the molecule is CCc1ccnc(C2(C(F)(F)F)CC2)c1. The van der Waals surface area contributed by atoms with Crippen molar-refractivity contribution in [3.8, 4) is 0 Å². The molecule has 2 rings (SSSR count). The van der Waals surface area contributed by atoms with E-state index < -0.39 is 11.6 Å². The molecule has 0 bridgehead atoms. The number of aryl methyl sites for hydroxylation is 1. The first-order valence-corrected chi connectivity index (χ1v) is 5.02. The summed E-state index contributed by atoms with van der Waals surface area (Å²) in [5.41, 5.74) is -0.539. The minimum atomic E-state index is -4.16. The van der Waals surface area contributed by atoms with Crippen LogP contribution in [0.4, 0.5) is 13.2 Å². The second-order valence-corrected chi connectivity index (χ2v) is 3.98. The molecular weight excluding hydrogens is 203 g/mol. The summed E-state index contributed by atoms with van der Waals surface area (Å²) in [6.45, 7) is 1.92. The van der Waals surface area contributed by atoms with E-state index in [0.29, 0.717) is 0 Å². The van der Waals surface area contributed by atoms with Crippen LogP contribution in [0.2, 0.25) is 0 Å². The molecule has 0 aliphatic heterocycles. The van der Waals surface area contributed by atoms with Crippen LogP contribution >= 0.6 is 0 Å². The summed E-state index contributed by atoms with van der Waals surface area (Å²) < 4.78 is 38.3. The molecule has 0 spiro atoms. The zero-order chi connectivity index (χ0) is 11.1. The minimum Gasteiger partial charge on any atom is -0.260 e. The highest BCUT2D eigenvalue weighted by molar-refractivity contribution is 5.30. The molecule has 1 aromatic heterocycles. The minimum absolute atomic E-state index is 0.177. The Labute approximate surface area is 86.3 Å². The van der Waals surface area contributed by atoms with Crippen LogP contribution in [0.1, 0.15) is 31.0 Å². The van der Waals surface area contributed by atoms with Crippen molar-refractivity contribution in [2.45, 2.75) is 37.8 Å². The molecule has 1 nitrogen and oxygen atoms in total. The molecule has 1 aliphatic rings. The number of nitrogens with zero attached hydrogens (tertiary/aromatic N) is 1. The Balaban J connectivity index is 2.38. The van der Waals surface area contributed by atoms with Crippen LogP contribution in [0, 0.1) is 0 Å². The van der Waals surface area contributed by atoms with Gasteiger partial charge in [0, 0.05) is 6.20 Å². The Morgan fingerprint density at radius 1 is 1.40 bits per heavy atom. The smallest absolute Gasteiger partial charge is 0.260 e. The molecule has 1 aromatic rings. The first kappa shape index (κ1) is 10.5. The fraction of sp³-hybridized carbons (Fsp3) is 0.545. The molecular formula is C11H12F3N. The van der Waals surface area contributed by atoms with Gasteiger partial charge in [0.1, 0.15) is 5.41 Å². The van der Waals surface area contributed by atoms with Gasteiger partial charge in [-0.1, -0.05) is 6.92 Å². The van der Waals surface area contributed by atoms with Crippen LogP contribution < -0.4 is 0 Å². The summed E-state index contributed by atoms with van der Waals surface area (Å²) in [6.07, 6.45) is -1.59. The van der Waals surface area contributed by atoms with Crippen molar-refractivity contribution in [3.05, 3.63) is 29.6 Å². The van der Waals surface area contributed by atoms with Gasteiger partial charge < -0.3 is 0 Å². The summed E-state index contributed by atoms with van der Waals surface area (Å²) in [7, 11) is 0. The molecule has 1 saturated carbocycles. The topological polar surface area (TPSA) is 12.9 Å². The molecule has 0 unspecified atom stereocenters. The van der Waals surface area contributed by atoms with Gasteiger partial charge in [0.25, 0.3) is 0 Å². The van der Waals surface area contributed by atoms with E-state index in [1.165, 1.54) is 6.20 Å². The van der Waals surface area contributed by atoms with Gasteiger partial charge >= 0.3 is 6.18 Å². The molecule has 82 valence electrons. The first-order valence-electron chi connectivity index (χ1n) is 5.02. The average Bonchev–Trinajstić information content (AvgIpc) is 2.97. The average molecular weight is 215 g/mol. The van der Waals surface area contributed by atoms with E-state index in [9.17, 15) is 13.2 Å². The number of hydrogen-bond acceptors (Lipinski definition) is 1. The zero-order valence-corrected chi connectivity index (χ0v) is 8.43. The number of alkyl halides is 3. The van der Waals surface area contributed by atoms with E-state index in [1.54, 1.807) is 12.1 Å². The van der Waals surface area contributed by atoms with Crippen molar-refractivity contribution >= 4 is 0 Å². The van der Waals surface area contributed by atoms with Crippen molar-refractivity contribution in [2.75, 3.05) is 0 Å². The maximum Gasteiger partial charge on any atom is 0.399 e. The molecule has 0 N–H and O–H groups in total. The summed E-state index contributed by atoms with van der Waals surface area (Å²) in [6, 6.07) is 3.34. The predicted octanol–water partition coefficient (Wildman–Crippen LogP) is 3.24. The molecule has 1 heterocycles. The Morgan fingerprint density at radius 3 is 2.53 bits per heavy atom. The third-order valence-electron chi connectivity index (χ3n) is 3.02. The van der Waals surface area contributed by atoms with Gasteiger partial charge in [0.15, 0.2) is 0 Å². The Kier molecular flexibility index (Phi) is 2.24. The number of rotatable bonds is 2. The maximum absolute atomic E-state index is 12.8. The van der Waals surface area contributed by atoms with E-state index in [1.807, 2.05) is 6.92 Å². The quantitative estimate of drug-likeness (QED) is 0.738. The summed E-state index contributed by atoms with van der Waals surface area (Å²) >= 11 is 0. The van der Waals surface area contributed by atoms with E-state index in [2.05, 4.69) is 4.98 Å². The molecule has 0 saturated heterocycles. The molecule has 0 aromatic carbocycles. The van der Waals surface area contributed by atoms with Crippen LogP contribution in [0.25, 0.3) is 0 Å². The number of aromatic nitrogens is 1. The summed E-state index contributed by atoms with van der Waals surface area (Å²) in [5, 5.41) is 0. The van der Waals surface area contributed by atoms with Crippen LogP contribution in [0.15, 0.2) is 18.3 Å². The van der Waals surface area contributed by atoms with Gasteiger partial charge in [-0.05, 0) is 37.0 Å². The van der Waals surface area contributed by atoms with Gasteiger partial charge in [0.05, 0.1) is 5.69 Å². The van der Waals surface area contributed by atoms with Gasteiger partial charge in [0.2, 0.25) is 0 Å². The number of halogens is 3. The molecule has 0 radical (unpaired) electrons. The van der Waals surface area contributed by atoms with E-state index in [4.69, 9.17) is 0 Å². The van der Waals surface area contributed by atoms with Crippen LogP contribution in [0.3, 0.4) is 0 Å². The zero-order valence-electron chi connectivity index (χ0n) is 8.43. The van der Waals surface area contributed by atoms with E-state index in [0.717, 1.165) is 12.0 Å². The fourth-order valence-electron chi connectivity index (χ4n) is 1.77. The van der Waals surface area contributed by atoms with Crippen molar-refractivity contribution in [2.24, 2.45) is 0 Å². The summed E-state index contributed by atoms with van der Waals surface area (Å²) in [5.74, 6) is 0. The highest BCUT2D eigenvalue weighted by atomic mass is 19.4. The highest BCUT2D eigenvalue weighted by Crippen LogP contribution is 2.58. The van der Waals surface area contributed by atoms with Crippen LogP contribution in [-0.2, 0) is 11.8 Å². The normalized spacial score (nSPS) is 18.9. The second-order valence-electron chi connectivity index (χ2n) is 3.98. The lowest BCUT2D eigenvalue weighted by molar-refractivity contribution is -0.161. The van der Waals surface area contributed by atoms with Crippen molar-refractivity contribution in [1.29, 1.82) is 0 Å². The highest BCUT2D eigenvalue weighted by Gasteiger charge is 2.65. The first-order chi connectivity index (χ1) is 6.99. The van der Waals surface area contributed by atoms with Gasteiger partial charge in [-0.3, -0.25) is 4.98 Å². The Morgan fingerprint density at radius 2 is 2.07 bits per heavy atom. The van der Waals surface area contributed by atoms with Crippen LogP contribution in [0.5, 0.6) is 0 Å². The third kappa shape index (κ3) is 1.62. The largest absolute Gasteiger partial charge is 0.399 e. The molecule has 1 aliphatic carbocycles. The lowest BCUT2D eigenvalue weighted by Gasteiger charge is -2.18. The Hall–Kier alpha value is -1.06. The van der Waals surface area contributed by atoms with Crippen molar-refractivity contribution in [1.82, 2.24) is 4.98 Å². The van der Waals surface area contributed by atoms with Crippen molar-refractivity contribution < 1.29 is 13.2 Å². The fourth-order valence-corrected chi connectivity index (χ4v) is 1.77. The molecule has 4 heteroatoms. The lowest BCUT2D eigenvalue weighted by Crippen LogP contribution is -2.29. The number of pyridine rings is 1. The monoisotopic (exact) mass is 215 g/mol. The Bertz CT molecular complexity index is 366. The molecule has 15 heavy (non-hydrogen) atoms. The number of hydrogen-bond donors (Lipinski definition) is 0. The van der Waals surface area contributed by atoms with E-state index >= 15 is 0 Å². The van der Waals surface area contributed by atoms with Gasteiger partial charge in [-0.2, -0.15) is 13.2 Å².